The van der Waals surface area contributed by atoms with E-state index in [1.54, 1.807) is 0 Å². The van der Waals surface area contributed by atoms with Gasteiger partial charge in [0.25, 0.3) is 0 Å². The third kappa shape index (κ3) is 4.70. The second-order valence-electron chi connectivity index (χ2n) is 17.5. The van der Waals surface area contributed by atoms with Gasteiger partial charge in [-0.15, -0.1) is 0 Å². The van der Waals surface area contributed by atoms with E-state index in [-0.39, 0.29) is 0 Å². The molecule has 0 heterocycles. The SMILES string of the molecule is c1cc(-c2cccc3ccccc23)cc(-c2c3ccccc3c(-c3ccc4cc5c(cc4c3)C3(c4ccccc4-c4ccccc43)c3ccc4ccccc4c3-5)c3ccccc23)c1. The predicted molar refractivity (Wildman–Crippen MR) is 267 cm³/mol. The van der Waals surface area contributed by atoms with Gasteiger partial charge in [0.05, 0.1) is 5.41 Å². The largest absolute Gasteiger partial charge is 0.0725 e. The normalized spacial score (nSPS) is 13.2. The summed E-state index contributed by atoms with van der Waals surface area (Å²) >= 11 is 0. The number of rotatable bonds is 3. The minimum atomic E-state index is -0.423. The quantitative estimate of drug-likeness (QED) is 0.156. The van der Waals surface area contributed by atoms with Crippen molar-refractivity contribution in [1.82, 2.24) is 0 Å². The van der Waals surface area contributed by atoms with Crippen LogP contribution in [0.2, 0.25) is 0 Å². The molecule has 0 N–H and O–H groups in total. The predicted octanol–water partition coefficient (Wildman–Crippen LogP) is 16.8. The van der Waals surface area contributed by atoms with E-state index in [0.29, 0.717) is 0 Å². The molecule has 12 aromatic rings. The van der Waals surface area contributed by atoms with Gasteiger partial charge in [-0.2, -0.15) is 0 Å². The van der Waals surface area contributed by atoms with Gasteiger partial charge in [-0.25, -0.2) is 0 Å². The summed E-state index contributed by atoms with van der Waals surface area (Å²) in [6.45, 7) is 0. The zero-order chi connectivity index (χ0) is 41.2. The Balaban J connectivity index is 1.01. The van der Waals surface area contributed by atoms with Crippen LogP contribution < -0.4 is 0 Å². The second kappa shape index (κ2) is 13.0. The van der Waals surface area contributed by atoms with Crippen molar-refractivity contribution in [3.05, 3.63) is 253 Å². The summed E-state index contributed by atoms with van der Waals surface area (Å²) in [4.78, 5) is 0. The molecule has 290 valence electrons. The van der Waals surface area contributed by atoms with Crippen LogP contribution in [0, 0.1) is 0 Å². The summed E-state index contributed by atoms with van der Waals surface area (Å²) in [7, 11) is 0. The minimum absolute atomic E-state index is 0.423. The highest BCUT2D eigenvalue weighted by Crippen LogP contribution is 2.64. The first-order chi connectivity index (χ1) is 31.3. The lowest BCUT2D eigenvalue weighted by Crippen LogP contribution is -2.25. The molecule has 0 fully saturated rings. The van der Waals surface area contributed by atoms with E-state index in [0.717, 1.165) is 0 Å². The molecule has 1 spiro atoms. The van der Waals surface area contributed by atoms with E-state index in [2.05, 4.69) is 231 Å². The smallest absolute Gasteiger partial charge is 0.0619 e. The molecular formula is C63H38. The molecule has 0 nitrogen and oxygen atoms in total. The number of fused-ring (bicyclic) bond motifs is 16. The van der Waals surface area contributed by atoms with Crippen LogP contribution >= 0.6 is 0 Å². The second-order valence-corrected chi connectivity index (χ2v) is 17.5. The first kappa shape index (κ1) is 34.6. The maximum Gasteiger partial charge on any atom is 0.0725 e. The minimum Gasteiger partial charge on any atom is -0.0619 e. The first-order valence-corrected chi connectivity index (χ1v) is 22.1. The number of benzene rings is 12. The summed E-state index contributed by atoms with van der Waals surface area (Å²) < 4.78 is 0. The van der Waals surface area contributed by atoms with E-state index in [9.17, 15) is 0 Å². The molecule has 2 aliphatic carbocycles. The molecule has 0 atom stereocenters. The Hall–Kier alpha value is -8.06. The Morgan fingerprint density at radius 2 is 0.698 bits per heavy atom. The van der Waals surface area contributed by atoms with Crippen molar-refractivity contribution in [3.63, 3.8) is 0 Å². The summed E-state index contributed by atoms with van der Waals surface area (Å²) in [5, 5.41) is 12.7. The highest BCUT2D eigenvalue weighted by Gasteiger charge is 2.52. The lowest BCUT2D eigenvalue weighted by molar-refractivity contribution is 0.795. The molecule has 12 aromatic carbocycles. The average molecular weight is 795 g/mol. The van der Waals surface area contributed by atoms with Crippen LogP contribution in [0.5, 0.6) is 0 Å². The summed E-state index contributed by atoms with van der Waals surface area (Å²) in [5.41, 5.74) is 17.9. The molecule has 0 heteroatoms. The maximum absolute atomic E-state index is 2.54. The van der Waals surface area contributed by atoms with Crippen LogP contribution in [0.4, 0.5) is 0 Å². The van der Waals surface area contributed by atoms with Crippen LogP contribution in [-0.2, 0) is 5.41 Å². The van der Waals surface area contributed by atoms with Crippen molar-refractivity contribution < 1.29 is 0 Å². The molecular weight excluding hydrogens is 757 g/mol. The summed E-state index contributed by atoms with van der Waals surface area (Å²) in [5.74, 6) is 0. The lowest BCUT2D eigenvalue weighted by Gasteiger charge is -2.30. The molecule has 0 aliphatic heterocycles. The Labute approximate surface area is 366 Å². The molecule has 0 radical (unpaired) electrons. The summed E-state index contributed by atoms with van der Waals surface area (Å²) in [6.07, 6.45) is 0. The molecule has 0 saturated carbocycles. The van der Waals surface area contributed by atoms with E-state index in [1.807, 2.05) is 0 Å². The Morgan fingerprint density at radius 3 is 1.38 bits per heavy atom. The fourth-order valence-corrected chi connectivity index (χ4v) is 11.9. The van der Waals surface area contributed by atoms with Crippen molar-refractivity contribution in [2.24, 2.45) is 0 Å². The van der Waals surface area contributed by atoms with Crippen molar-refractivity contribution in [2.45, 2.75) is 5.41 Å². The Morgan fingerprint density at radius 1 is 0.206 bits per heavy atom. The van der Waals surface area contributed by atoms with Crippen molar-refractivity contribution in [2.75, 3.05) is 0 Å². The van der Waals surface area contributed by atoms with E-state index in [4.69, 9.17) is 0 Å². The number of hydrogen-bond donors (Lipinski definition) is 0. The maximum atomic E-state index is 2.54. The third-order valence-electron chi connectivity index (χ3n) is 14.4. The Kier molecular flexibility index (Phi) is 7.13. The lowest BCUT2D eigenvalue weighted by atomic mass is 9.70. The molecule has 0 bridgehead atoms. The van der Waals surface area contributed by atoms with Crippen LogP contribution in [0.1, 0.15) is 22.3 Å². The summed E-state index contributed by atoms with van der Waals surface area (Å²) in [6, 6.07) is 86.7. The zero-order valence-electron chi connectivity index (χ0n) is 34.4. The topological polar surface area (TPSA) is 0 Å². The fraction of sp³-hybridized carbons (Fsp3) is 0.0159. The zero-order valence-corrected chi connectivity index (χ0v) is 34.4. The molecule has 0 unspecified atom stereocenters. The highest BCUT2D eigenvalue weighted by atomic mass is 14.5. The van der Waals surface area contributed by atoms with Crippen LogP contribution in [0.3, 0.4) is 0 Å². The van der Waals surface area contributed by atoms with Gasteiger partial charge < -0.3 is 0 Å². The fourth-order valence-electron chi connectivity index (χ4n) is 11.9. The van der Waals surface area contributed by atoms with Crippen molar-refractivity contribution in [1.29, 1.82) is 0 Å². The van der Waals surface area contributed by atoms with Crippen molar-refractivity contribution >= 4 is 53.9 Å². The van der Waals surface area contributed by atoms with Gasteiger partial charge in [0.2, 0.25) is 0 Å². The molecule has 0 amide bonds. The van der Waals surface area contributed by atoms with Gasteiger partial charge in [0, 0.05) is 0 Å². The average Bonchev–Trinajstić information content (AvgIpc) is 3.81. The van der Waals surface area contributed by atoms with Gasteiger partial charge >= 0.3 is 0 Å². The molecule has 0 aromatic heterocycles. The van der Waals surface area contributed by atoms with Gasteiger partial charge in [-0.1, -0.05) is 206 Å². The molecule has 0 saturated heterocycles. The molecule has 2 aliphatic rings. The van der Waals surface area contributed by atoms with Gasteiger partial charge in [-0.05, 0) is 156 Å². The molecule has 14 rings (SSSR count). The van der Waals surface area contributed by atoms with Gasteiger partial charge in [0.15, 0.2) is 0 Å². The number of hydrogen-bond acceptors (Lipinski definition) is 0. The van der Waals surface area contributed by atoms with E-state index >= 15 is 0 Å². The first-order valence-electron chi connectivity index (χ1n) is 22.1. The van der Waals surface area contributed by atoms with Gasteiger partial charge in [0.1, 0.15) is 0 Å². The monoisotopic (exact) mass is 794 g/mol. The standard InChI is InChI=1S/C63H38/c1-3-20-46-39(15-1)17-14-28-47(46)42-18-13-19-43(35-42)60-51-24-5-7-26-53(51)61(54-27-8-6-25-52(54)60)44-32-31-41-37-55-59(38-45(41)36-44)63(58-34-33-40-16-2-4-21-48(40)62(55)58)56-29-11-9-22-49(56)50-23-10-12-30-57(50)63/h1-38H. The highest BCUT2D eigenvalue weighted by molar-refractivity contribution is 6.22. The van der Waals surface area contributed by atoms with Crippen molar-refractivity contribution in [3.8, 4) is 55.6 Å². The Bertz CT molecular complexity index is 3810. The van der Waals surface area contributed by atoms with Crippen LogP contribution in [0.15, 0.2) is 231 Å². The van der Waals surface area contributed by atoms with Crippen LogP contribution in [-0.4, -0.2) is 0 Å². The van der Waals surface area contributed by atoms with Gasteiger partial charge in [-0.3, -0.25) is 0 Å². The van der Waals surface area contributed by atoms with E-state index in [1.165, 1.54) is 132 Å². The van der Waals surface area contributed by atoms with E-state index < -0.39 is 5.41 Å². The molecule has 63 heavy (non-hydrogen) atoms. The third-order valence-corrected chi connectivity index (χ3v) is 14.4. The van der Waals surface area contributed by atoms with Crippen LogP contribution in [0.25, 0.3) is 109 Å².